The summed E-state index contributed by atoms with van der Waals surface area (Å²) in [6, 6.07) is 20.4. The number of para-hydroxylation sites is 1. The van der Waals surface area contributed by atoms with Gasteiger partial charge in [0.05, 0.1) is 12.2 Å². The molecule has 0 aliphatic carbocycles. The van der Waals surface area contributed by atoms with Gasteiger partial charge in [-0.3, -0.25) is 4.98 Å². The van der Waals surface area contributed by atoms with Crippen LogP contribution in [0.5, 0.6) is 17.2 Å². The van der Waals surface area contributed by atoms with E-state index >= 15 is 0 Å². The number of carbonyl (C=O) groups is 1. The smallest absolute Gasteiger partial charge is 0.322 e. The largest absolute Gasteiger partial charge is 0.490 e. The van der Waals surface area contributed by atoms with Gasteiger partial charge in [0.15, 0.2) is 0 Å². The van der Waals surface area contributed by atoms with Gasteiger partial charge >= 0.3 is 6.03 Å². The number of aromatic nitrogens is 1. The Hall–Kier alpha value is -3.58. The average molecular weight is 404 g/mol. The number of hydrogen-bond acceptors (Lipinski definition) is 5. The molecule has 0 bridgehead atoms. The summed E-state index contributed by atoms with van der Waals surface area (Å²) < 4.78 is 11.6. The van der Waals surface area contributed by atoms with Crippen LogP contribution in [-0.4, -0.2) is 48.2 Å². The Morgan fingerprint density at radius 3 is 2.57 bits per heavy atom. The molecule has 2 aromatic carbocycles. The van der Waals surface area contributed by atoms with Gasteiger partial charge in [0.2, 0.25) is 0 Å². The maximum absolute atomic E-state index is 12.9. The standard InChI is InChI=1S/C23H24N4O3/c28-23(26-18-8-10-21(11-9-18)30-20-5-2-1-3-6-20)27-14-13-25-15-19(27)17-29-22-7-4-12-24-16-22/h1-12,16,19,25H,13-15,17H2,(H,26,28). The second-order valence-electron chi connectivity index (χ2n) is 6.92. The Bertz CT molecular complexity index is 936. The molecule has 7 heteroatoms. The van der Waals surface area contributed by atoms with Crippen LogP contribution in [0.25, 0.3) is 0 Å². The molecule has 1 aromatic heterocycles. The normalized spacial score (nSPS) is 16.0. The monoisotopic (exact) mass is 404 g/mol. The molecule has 4 rings (SSSR count). The summed E-state index contributed by atoms with van der Waals surface area (Å²) in [6.07, 6.45) is 3.37. The average Bonchev–Trinajstić information content (AvgIpc) is 2.80. The van der Waals surface area contributed by atoms with Crippen LogP contribution in [0.2, 0.25) is 0 Å². The Labute approximate surface area is 175 Å². The van der Waals surface area contributed by atoms with Crippen molar-refractivity contribution in [1.82, 2.24) is 15.2 Å². The number of urea groups is 1. The minimum absolute atomic E-state index is 0.0698. The number of anilines is 1. The number of piperazine rings is 1. The molecule has 154 valence electrons. The van der Waals surface area contributed by atoms with Gasteiger partial charge < -0.3 is 25.0 Å². The highest BCUT2D eigenvalue weighted by Crippen LogP contribution is 2.23. The van der Waals surface area contributed by atoms with Crippen molar-refractivity contribution >= 4 is 11.7 Å². The number of ether oxygens (including phenoxy) is 2. The topological polar surface area (TPSA) is 75.7 Å². The minimum Gasteiger partial charge on any atom is -0.490 e. The summed E-state index contributed by atoms with van der Waals surface area (Å²) in [5.41, 5.74) is 0.714. The molecule has 1 fully saturated rings. The molecule has 1 atom stereocenters. The molecule has 1 aliphatic heterocycles. The van der Waals surface area contributed by atoms with Gasteiger partial charge in [0.25, 0.3) is 0 Å². The van der Waals surface area contributed by atoms with Gasteiger partial charge in [-0.2, -0.15) is 0 Å². The molecule has 0 radical (unpaired) electrons. The number of rotatable bonds is 6. The van der Waals surface area contributed by atoms with Crippen molar-refractivity contribution in [3.63, 3.8) is 0 Å². The number of amides is 2. The van der Waals surface area contributed by atoms with E-state index < -0.39 is 0 Å². The van der Waals surface area contributed by atoms with Crippen molar-refractivity contribution in [2.75, 3.05) is 31.6 Å². The number of hydrogen-bond donors (Lipinski definition) is 2. The molecule has 1 aliphatic rings. The summed E-state index contributed by atoms with van der Waals surface area (Å²) in [6.45, 7) is 2.44. The van der Waals surface area contributed by atoms with Crippen LogP contribution in [0, 0.1) is 0 Å². The lowest BCUT2D eigenvalue weighted by atomic mass is 10.2. The molecule has 2 heterocycles. The fraction of sp³-hybridized carbons (Fsp3) is 0.217. The van der Waals surface area contributed by atoms with Gasteiger partial charge in [-0.25, -0.2) is 4.79 Å². The van der Waals surface area contributed by atoms with E-state index in [9.17, 15) is 4.79 Å². The first-order valence-electron chi connectivity index (χ1n) is 9.92. The van der Waals surface area contributed by atoms with Gasteiger partial charge in [0.1, 0.15) is 23.9 Å². The zero-order valence-electron chi connectivity index (χ0n) is 16.5. The molecule has 2 N–H and O–H groups in total. The van der Waals surface area contributed by atoms with Crippen molar-refractivity contribution < 1.29 is 14.3 Å². The highest BCUT2D eigenvalue weighted by molar-refractivity contribution is 5.89. The quantitative estimate of drug-likeness (QED) is 0.654. The lowest BCUT2D eigenvalue weighted by Crippen LogP contribution is -2.57. The first-order chi connectivity index (χ1) is 14.8. The summed E-state index contributed by atoms with van der Waals surface area (Å²) >= 11 is 0. The predicted molar refractivity (Wildman–Crippen MR) is 115 cm³/mol. The van der Waals surface area contributed by atoms with E-state index in [-0.39, 0.29) is 12.1 Å². The zero-order chi connectivity index (χ0) is 20.6. The second kappa shape index (κ2) is 9.76. The van der Waals surface area contributed by atoms with Crippen molar-refractivity contribution in [3.05, 3.63) is 79.1 Å². The molecule has 0 spiro atoms. The Morgan fingerprint density at radius 2 is 1.80 bits per heavy atom. The van der Waals surface area contributed by atoms with Gasteiger partial charge in [-0.1, -0.05) is 18.2 Å². The van der Waals surface area contributed by atoms with Crippen molar-refractivity contribution in [2.24, 2.45) is 0 Å². The van der Waals surface area contributed by atoms with Crippen molar-refractivity contribution in [1.29, 1.82) is 0 Å². The van der Waals surface area contributed by atoms with E-state index in [2.05, 4.69) is 15.6 Å². The fourth-order valence-electron chi connectivity index (χ4n) is 3.23. The van der Waals surface area contributed by atoms with Crippen molar-refractivity contribution in [2.45, 2.75) is 6.04 Å². The van der Waals surface area contributed by atoms with Crippen LogP contribution in [0.3, 0.4) is 0 Å². The van der Waals surface area contributed by atoms with Gasteiger partial charge in [-0.15, -0.1) is 0 Å². The molecule has 2 amide bonds. The first kappa shape index (κ1) is 19.7. The maximum Gasteiger partial charge on any atom is 0.322 e. The van der Waals surface area contributed by atoms with E-state index in [0.29, 0.717) is 36.9 Å². The van der Waals surface area contributed by atoms with Crippen LogP contribution >= 0.6 is 0 Å². The molecule has 0 saturated carbocycles. The van der Waals surface area contributed by atoms with Crippen LogP contribution in [0.4, 0.5) is 10.5 Å². The van der Waals surface area contributed by atoms with E-state index in [0.717, 1.165) is 12.3 Å². The van der Waals surface area contributed by atoms with Crippen LogP contribution in [0.15, 0.2) is 79.1 Å². The molecule has 1 saturated heterocycles. The van der Waals surface area contributed by atoms with Crippen LogP contribution in [0.1, 0.15) is 0 Å². The third-order valence-corrected chi connectivity index (χ3v) is 4.77. The second-order valence-corrected chi connectivity index (χ2v) is 6.92. The van der Waals surface area contributed by atoms with E-state index in [1.165, 1.54) is 0 Å². The first-order valence-corrected chi connectivity index (χ1v) is 9.92. The minimum atomic E-state index is -0.145. The van der Waals surface area contributed by atoms with E-state index in [1.54, 1.807) is 17.3 Å². The number of nitrogens with zero attached hydrogens (tertiary/aromatic N) is 2. The van der Waals surface area contributed by atoms with E-state index in [1.807, 2.05) is 66.7 Å². The third kappa shape index (κ3) is 5.27. The van der Waals surface area contributed by atoms with E-state index in [4.69, 9.17) is 9.47 Å². The summed E-state index contributed by atoms with van der Waals surface area (Å²) in [5.74, 6) is 2.17. The molecular formula is C23H24N4O3. The SMILES string of the molecule is O=C(Nc1ccc(Oc2ccccc2)cc1)N1CCNCC1COc1cccnc1. The molecular weight excluding hydrogens is 380 g/mol. The number of pyridine rings is 1. The number of benzene rings is 2. The zero-order valence-corrected chi connectivity index (χ0v) is 16.5. The third-order valence-electron chi connectivity index (χ3n) is 4.77. The molecule has 3 aromatic rings. The van der Waals surface area contributed by atoms with Gasteiger partial charge in [-0.05, 0) is 48.5 Å². The molecule has 7 nitrogen and oxygen atoms in total. The van der Waals surface area contributed by atoms with Crippen molar-refractivity contribution in [3.8, 4) is 17.2 Å². The lowest BCUT2D eigenvalue weighted by Gasteiger charge is -2.35. The number of nitrogens with one attached hydrogen (secondary N) is 2. The Balaban J connectivity index is 1.34. The Kier molecular flexibility index (Phi) is 6.41. The lowest BCUT2D eigenvalue weighted by molar-refractivity contribution is 0.133. The van der Waals surface area contributed by atoms with Crippen LogP contribution < -0.4 is 20.1 Å². The fourth-order valence-corrected chi connectivity index (χ4v) is 3.23. The summed E-state index contributed by atoms with van der Waals surface area (Å²) in [7, 11) is 0. The highest BCUT2D eigenvalue weighted by Gasteiger charge is 2.27. The summed E-state index contributed by atoms with van der Waals surface area (Å²) in [4.78, 5) is 18.7. The van der Waals surface area contributed by atoms with Crippen LogP contribution in [-0.2, 0) is 0 Å². The summed E-state index contributed by atoms with van der Waals surface area (Å²) in [5, 5.41) is 6.28. The maximum atomic E-state index is 12.9. The molecule has 1 unspecified atom stereocenters. The molecule has 30 heavy (non-hydrogen) atoms. The number of carbonyl (C=O) groups excluding carboxylic acids is 1. The van der Waals surface area contributed by atoms with Gasteiger partial charge in [0, 0.05) is 31.5 Å². The highest BCUT2D eigenvalue weighted by atomic mass is 16.5. The Morgan fingerprint density at radius 1 is 1.03 bits per heavy atom. The predicted octanol–water partition coefficient (Wildman–Crippen LogP) is 3.76.